The molecule has 0 atom stereocenters. The summed E-state index contributed by atoms with van der Waals surface area (Å²) in [5.74, 6) is -3.03. The van der Waals surface area contributed by atoms with Crippen molar-refractivity contribution in [2.45, 2.75) is 110 Å². The first kappa shape index (κ1) is 29.1. The molecule has 0 unspecified atom stereocenters. The molecule has 5 heteroatoms. The number of benzene rings is 2. The summed E-state index contributed by atoms with van der Waals surface area (Å²) >= 11 is 0. The molecule has 2 aliphatic rings. The Bertz CT molecular complexity index is 986. The van der Waals surface area contributed by atoms with Crippen molar-refractivity contribution in [2.75, 3.05) is 0 Å². The topological polar surface area (TPSA) is 0 Å². The highest BCUT2D eigenvalue weighted by atomic mass is 19.2. The van der Waals surface area contributed by atoms with Crippen molar-refractivity contribution in [3.63, 3.8) is 0 Å². The molecule has 2 fully saturated rings. The number of hydrogen-bond acceptors (Lipinski definition) is 0. The molecule has 0 spiro atoms. The summed E-state index contributed by atoms with van der Waals surface area (Å²) in [5.41, 5.74) is -0.338. The van der Waals surface area contributed by atoms with Crippen molar-refractivity contribution < 1.29 is 22.0 Å². The van der Waals surface area contributed by atoms with Crippen LogP contribution in [0.1, 0.15) is 109 Å². The molecule has 2 aromatic rings. The monoisotopic (exact) mass is 534 g/mol. The van der Waals surface area contributed by atoms with E-state index in [9.17, 15) is 22.0 Å². The molecule has 38 heavy (non-hydrogen) atoms. The van der Waals surface area contributed by atoms with Gasteiger partial charge in [-0.25, -0.2) is 22.0 Å². The van der Waals surface area contributed by atoms with E-state index in [1.807, 2.05) is 0 Å². The molecule has 0 saturated heterocycles. The van der Waals surface area contributed by atoms with Crippen molar-refractivity contribution >= 4 is 0 Å². The lowest BCUT2D eigenvalue weighted by molar-refractivity contribution is 0.233. The number of unbranched alkanes of at least 4 members (excludes halogenated alkanes) is 1. The van der Waals surface area contributed by atoms with Gasteiger partial charge < -0.3 is 0 Å². The van der Waals surface area contributed by atoms with E-state index in [1.165, 1.54) is 102 Å². The van der Waals surface area contributed by atoms with Gasteiger partial charge in [0.15, 0.2) is 17.5 Å². The van der Waals surface area contributed by atoms with Crippen LogP contribution in [0.15, 0.2) is 24.3 Å². The minimum absolute atomic E-state index is 0.347. The molecular formula is C33H43F5. The normalized spacial score (nSPS) is 24.1. The zero-order valence-electron chi connectivity index (χ0n) is 22.8. The fourth-order valence-electron chi connectivity index (χ4n) is 7.01. The Morgan fingerprint density at radius 3 is 1.42 bits per heavy atom. The molecule has 0 bridgehead atoms. The van der Waals surface area contributed by atoms with Crippen molar-refractivity contribution in [3.05, 3.63) is 58.9 Å². The van der Waals surface area contributed by atoms with E-state index in [4.69, 9.17) is 0 Å². The second kappa shape index (κ2) is 13.9. The number of aryl methyl sites for hydroxylation is 1. The lowest BCUT2D eigenvalue weighted by atomic mass is 9.76. The molecule has 0 N–H and O–H groups in total. The van der Waals surface area contributed by atoms with Crippen molar-refractivity contribution in [3.8, 4) is 11.1 Å². The quantitative estimate of drug-likeness (QED) is 0.153. The van der Waals surface area contributed by atoms with Crippen molar-refractivity contribution in [1.82, 2.24) is 0 Å². The average molecular weight is 535 g/mol. The molecular weight excluding hydrogens is 491 g/mol. The maximum atomic E-state index is 14.7. The van der Waals surface area contributed by atoms with Crippen LogP contribution in [-0.4, -0.2) is 0 Å². The molecule has 0 aliphatic heterocycles. The molecule has 2 aromatic carbocycles. The molecule has 0 radical (unpaired) electrons. The van der Waals surface area contributed by atoms with Gasteiger partial charge in [0.05, 0.1) is 5.56 Å². The van der Waals surface area contributed by atoms with Crippen LogP contribution in [0.4, 0.5) is 22.0 Å². The van der Waals surface area contributed by atoms with Gasteiger partial charge in [0, 0.05) is 0 Å². The highest BCUT2D eigenvalue weighted by Crippen LogP contribution is 2.37. The summed E-state index contributed by atoms with van der Waals surface area (Å²) in [6, 6.07) is 3.71. The molecule has 2 saturated carbocycles. The van der Waals surface area contributed by atoms with Gasteiger partial charge in [-0.2, -0.15) is 0 Å². The average Bonchev–Trinajstić information content (AvgIpc) is 2.90. The van der Waals surface area contributed by atoms with Gasteiger partial charge in [0.2, 0.25) is 0 Å². The largest absolute Gasteiger partial charge is 0.206 e. The predicted octanol–water partition coefficient (Wildman–Crippen LogP) is 11.0. The smallest absolute Gasteiger partial charge is 0.194 e. The molecule has 4 rings (SSSR count). The lowest BCUT2D eigenvalue weighted by Gasteiger charge is -2.30. The van der Waals surface area contributed by atoms with E-state index in [-0.39, 0.29) is 5.56 Å². The molecule has 2 aliphatic carbocycles. The van der Waals surface area contributed by atoms with Gasteiger partial charge in [-0.3, -0.25) is 0 Å². The second-order valence-electron chi connectivity index (χ2n) is 12.1. The lowest BCUT2D eigenvalue weighted by Crippen LogP contribution is -2.16. The third kappa shape index (κ3) is 7.82. The Balaban J connectivity index is 1.16. The first-order chi connectivity index (χ1) is 18.3. The van der Waals surface area contributed by atoms with Gasteiger partial charge in [-0.15, -0.1) is 0 Å². The summed E-state index contributed by atoms with van der Waals surface area (Å²) in [4.78, 5) is 0. The van der Waals surface area contributed by atoms with Crippen LogP contribution >= 0.6 is 0 Å². The van der Waals surface area contributed by atoms with Crippen LogP contribution in [0.25, 0.3) is 11.1 Å². The maximum Gasteiger partial charge on any atom is 0.194 e. The standard InChI is InChI=1S/C33H43F5/c1-2-5-22-8-10-23(11-9-22)6-3-4-7-24-12-14-25(15-13-24)16-17-26-18-28(34)32(29(35)19-26)27-20-30(36)33(38)31(37)21-27/h18-25H,2-17H2,1H3/t22-,23-,24?,25?. The van der Waals surface area contributed by atoms with E-state index in [1.54, 1.807) is 0 Å². The van der Waals surface area contributed by atoms with Crippen LogP contribution in [0.2, 0.25) is 0 Å². The number of rotatable bonds is 11. The Labute approximate surface area is 225 Å². The maximum absolute atomic E-state index is 14.7. The molecule has 0 aromatic heterocycles. The summed E-state index contributed by atoms with van der Waals surface area (Å²) < 4.78 is 69.8. The van der Waals surface area contributed by atoms with E-state index in [0.717, 1.165) is 24.2 Å². The Morgan fingerprint density at radius 2 is 0.974 bits per heavy atom. The van der Waals surface area contributed by atoms with Crippen LogP contribution in [0.3, 0.4) is 0 Å². The van der Waals surface area contributed by atoms with E-state index >= 15 is 0 Å². The fraction of sp³-hybridized carbons (Fsp3) is 0.636. The van der Waals surface area contributed by atoms with Crippen molar-refractivity contribution in [1.29, 1.82) is 0 Å². The SMILES string of the molecule is CCC[C@H]1CC[C@H](CCCCC2CCC(CCc3cc(F)c(-c4cc(F)c(F)c(F)c4)c(F)c3)CC2)CC1. The van der Waals surface area contributed by atoms with Gasteiger partial charge in [0.1, 0.15) is 11.6 Å². The molecule has 0 heterocycles. The Kier molecular flexibility index (Phi) is 10.7. The predicted molar refractivity (Wildman–Crippen MR) is 144 cm³/mol. The van der Waals surface area contributed by atoms with Gasteiger partial charge in [-0.1, -0.05) is 96.8 Å². The number of hydrogen-bond donors (Lipinski definition) is 0. The van der Waals surface area contributed by atoms with E-state index in [2.05, 4.69) is 6.92 Å². The van der Waals surface area contributed by atoms with Crippen LogP contribution in [0, 0.1) is 52.8 Å². The minimum Gasteiger partial charge on any atom is -0.206 e. The summed E-state index contributed by atoms with van der Waals surface area (Å²) in [5, 5.41) is 0. The second-order valence-corrected chi connectivity index (χ2v) is 12.1. The van der Waals surface area contributed by atoms with Crippen LogP contribution in [-0.2, 0) is 6.42 Å². The summed E-state index contributed by atoms with van der Waals surface area (Å²) in [6.45, 7) is 2.30. The zero-order chi connectivity index (χ0) is 27.1. The fourth-order valence-corrected chi connectivity index (χ4v) is 7.01. The minimum atomic E-state index is -1.65. The molecule has 210 valence electrons. The first-order valence-corrected chi connectivity index (χ1v) is 15.0. The third-order valence-electron chi connectivity index (χ3n) is 9.32. The first-order valence-electron chi connectivity index (χ1n) is 15.0. The van der Waals surface area contributed by atoms with E-state index < -0.39 is 34.6 Å². The third-order valence-corrected chi connectivity index (χ3v) is 9.32. The Morgan fingerprint density at radius 1 is 0.553 bits per heavy atom. The number of halogens is 5. The zero-order valence-corrected chi connectivity index (χ0v) is 22.8. The molecule has 0 nitrogen and oxygen atoms in total. The van der Waals surface area contributed by atoms with Gasteiger partial charge >= 0.3 is 0 Å². The summed E-state index contributed by atoms with van der Waals surface area (Å²) in [6.07, 6.45) is 20.2. The highest BCUT2D eigenvalue weighted by Gasteiger charge is 2.23. The van der Waals surface area contributed by atoms with Gasteiger partial charge in [0.25, 0.3) is 0 Å². The Hall–Kier alpha value is -1.91. The highest BCUT2D eigenvalue weighted by molar-refractivity contribution is 5.65. The summed E-state index contributed by atoms with van der Waals surface area (Å²) in [7, 11) is 0. The van der Waals surface area contributed by atoms with Crippen LogP contribution in [0.5, 0.6) is 0 Å². The van der Waals surface area contributed by atoms with E-state index in [0.29, 0.717) is 30.0 Å². The van der Waals surface area contributed by atoms with Crippen molar-refractivity contribution in [2.24, 2.45) is 23.7 Å². The van der Waals surface area contributed by atoms with Gasteiger partial charge in [-0.05, 0) is 71.9 Å². The van der Waals surface area contributed by atoms with Crippen LogP contribution < -0.4 is 0 Å². The molecule has 0 amide bonds.